The van der Waals surface area contributed by atoms with Crippen molar-refractivity contribution in [2.24, 2.45) is 5.10 Å². The smallest absolute Gasteiger partial charge is 0.256 e. The molecule has 2 heterocycles. The zero-order chi connectivity index (χ0) is 19.1. The molecule has 0 saturated carbocycles. The number of carbonyl (C=O) groups is 1. The Balaban J connectivity index is 1.76. The molecule has 0 saturated heterocycles. The molecule has 4 rings (SSSR count). The fourth-order valence-corrected chi connectivity index (χ4v) is 4.21. The summed E-state index contributed by atoms with van der Waals surface area (Å²) in [5.74, 6) is -0.0607. The summed E-state index contributed by atoms with van der Waals surface area (Å²) in [6.07, 6.45) is 1.79. The summed E-state index contributed by atoms with van der Waals surface area (Å²) >= 11 is 11.6. The number of rotatable bonds is 2. The molecule has 6 nitrogen and oxygen atoms in total. The van der Waals surface area contributed by atoms with Crippen LogP contribution in [0.4, 0.5) is 5.69 Å². The van der Waals surface area contributed by atoms with E-state index in [0.29, 0.717) is 26.2 Å². The van der Waals surface area contributed by atoms with E-state index in [1.54, 1.807) is 18.2 Å². The van der Waals surface area contributed by atoms with Gasteiger partial charge in [-0.15, -0.1) is 0 Å². The minimum Gasteiger partial charge on any atom is -0.506 e. The molecule has 0 aromatic heterocycles. The molecule has 0 bridgehead atoms. The van der Waals surface area contributed by atoms with Crippen LogP contribution in [0, 0.1) is 0 Å². The number of nitrogens with one attached hydrogen (secondary N) is 3. The zero-order valence-corrected chi connectivity index (χ0v) is 17.6. The molecule has 136 valence electrons. The number of fused-ring (bicyclic) bond motifs is 1. The van der Waals surface area contributed by atoms with Crippen molar-refractivity contribution in [1.29, 1.82) is 0 Å². The minimum absolute atomic E-state index is 0.115. The molecule has 0 atom stereocenters. The number of hydrazone groups is 1. The molecule has 1 amide bonds. The SMILES string of the molecule is O=C1Nc2ccc(C3=NNC(=S)NC3)cc2C1=Cc1cc(Br)c(O)c(Br)c1. The average molecular weight is 508 g/mol. The van der Waals surface area contributed by atoms with Crippen LogP contribution in [0.15, 0.2) is 44.4 Å². The number of amides is 1. The molecule has 0 unspecified atom stereocenters. The first-order valence-electron chi connectivity index (χ1n) is 7.88. The number of halogens is 2. The molecule has 2 aromatic rings. The van der Waals surface area contributed by atoms with Gasteiger partial charge >= 0.3 is 0 Å². The van der Waals surface area contributed by atoms with Crippen LogP contribution in [0.25, 0.3) is 11.6 Å². The average Bonchev–Trinajstić information content (AvgIpc) is 2.95. The van der Waals surface area contributed by atoms with Crippen molar-refractivity contribution in [1.82, 2.24) is 10.7 Å². The second kappa shape index (κ2) is 7.06. The first kappa shape index (κ1) is 18.1. The second-order valence-corrected chi connectivity index (χ2v) is 8.08. The maximum absolute atomic E-state index is 12.5. The lowest BCUT2D eigenvalue weighted by atomic mass is 9.99. The van der Waals surface area contributed by atoms with Crippen molar-refractivity contribution < 1.29 is 9.90 Å². The van der Waals surface area contributed by atoms with Crippen LogP contribution < -0.4 is 16.1 Å². The highest BCUT2D eigenvalue weighted by Crippen LogP contribution is 2.37. The largest absolute Gasteiger partial charge is 0.506 e. The number of phenolic OH excluding ortho intramolecular Hbond substituents is 1. The molecule has 0 fully saturated rings. The summed E-state index contributed by atoms with van der Waals surface area (Å²) in [4.78, 5) is 12.5. The van der Waals surface area contributed by atoms with Crippen molar-refractivity contribution in [3.05, 3.63) is 56.0 Å². The van der Waals surface area contributed by atoms with Gasteiger partial charge in [0.1, 0.15) is 5.75 Å². The highest BCUT2D eigenvalue weighted by molar-refractivity contribution is 9.11. The Kier molecular flexibility index (Phi) is 4.75. The fourth-order valence-electron chi connectivity index (χ4n) is 2.87. The summed E-state index contributed by atoms with van der Waals surface area (Å²) in [6.45, 7) is 0.517. The Hall–Kier alpha value is -2.23. The van der Waals surface area contributed by atoms with Gasteiger partial charge in [-0.2, -0.15) is 5.10 Å². The van der Waals surface area contributed by atoms with Crippen LogP contribution in [-0.4, -0.2) is 28.4 Å². The van der Waals surface area contributed by atoms with Crippen LogP contribution in [-0.2, 0) is 4.79 Å². The first-order valence-corrected chi connectivity index (χ1v) is 9.88. The van der Waals surface area contributed by atoms with Gasteiger partial charge in [-0.1, -0.05) is 6.07 Å². The molecule has 2 aliphatic rings. The quantitative estimate of drug-likeness (QED) is 0.368. The number of anilines is 1. The van der Waals surface area contributed by atoms with Crippen molar-refractivity contribution in [3.8, 4) is 5.75 Å². The number of benzene rings is 2. The monoisotopic (exact) mass is 506 g/mol. The van der Waals surface area contributed by atoms with E-state index in [0.717, 1.165) is 28.1 Å². The highest BCUT2D eigenvalue weighted by Gasteiger charge is 2.25. The fraction of sp³-hybridized carbons (Fsp3) is 0.0556. The second-order valence-electron chi connectivity index (χ2n) is 5.96. The molecule has 0 spiro atoms. The van der Waals surface area contributed by atoms with E-state index in [1.165, 1.54) is 0 Å². The third-order valence-corrected chi connectivity index (χ3v) is 5.64. The van der Waals surface area contributed by atoms with Crippen molar-refractivity contribution in [2.45, 2.75) is 0 Å². The van der Waals surface area contributed by atoms with E-state index in [-0.39, 0.29) is 11.7 Å². The van der Waals surface area contributed by atoms with Gasteiger partial charge in [0.15, 0.2) is 5.11 Å². The molecule has 27 heavy (non-hydrogen) atoms. The maximum Gasteiger partial charge on any atom is 0.256 e. The Morgan fingerprint density at radius 1 is 1.19 bits per heavy atom. The third-order valence-electron chi connectivity index (χ3n) is 4.19. The van der Waals surface area contributed by atoms with E-state index in [9.17, 15) is 9.90 Å². The van der Waals surface area contributed by atoms with Crippen LogP contribution in [0.2, 0.25) is 0 Å². The van der Waals surface area contributed by atoms with Gasteiger partial charge < -0.3 is 15.7 Å². The van der Waals surface area contributed by atoms with Crippen LogP contribution >= 0.6 is 44.1 Å². The number of carbonyl (C=O) groups excluding carboxylic acids is 1. The Labute approximate surface area is 177 Å². The normalized spacial score (nSPS) is 17.1. The molecule has 0 aliphatic carbocycles. The van der Waals surface area contributed by atoms with Gasteiger partial charge in [-0.05, 0) is 80.0 Å². The Morgan fingerprint density at radius 2 is 1.93 bits per heavy atom. The van der Waals surface area contributed by atoms with Gasteiger partial charge in [-0.3, -0.25) is 10.2 Å². The lowest BCUT2D eigenvalue weighted by Gasteiger charge is -2.16. The van der Waals surface area contributed by atoms with Gasteiger partial charge in [0.25, 0.3) is 5.91 Å². The standard InChI is InChI=1S/C18H12Br2N4O2S/c19-12-4-8(5-13(20)16(12)25)3-11-10-6-9(1-2-14(10)22-17(11)26)15-7-21-18(27)24-23-15/h1-6,25H,7H2,(H,22,26)(H2,21,24,27). The lowest BCUT2D eigenvalue weighted by Crippen LogP contribution is -2.41. The predicted octanol–water partition coefficient (Wildman–Crippen LogP) is 3.59. The highest BCUT2D eigenvalue weighted by atomic mass is 79.9. The van der Waals surface area contributed by atoms with Crippen LogP contribution in [0.3, 0.4) is 0 Å². The molecule has 4 N–H and O–H groups in total. The van der Waals surface area contributed by atoms with Gasteiger partial charge in [-0.25, -0.2) is 0 Å². The van der Waals surface area contributed by atoms with Gasteiger partial charge in [0.05, 0.1) is 21.2 Å². The number of thiocarbonyl (C=S) groups is 1. The van der Waals surface area contributed by atoms with E-state index in [2.05, 4.69) is 53.0 Å². The van der Waals surface area contributed by atoms with Crippen molar-refractivity contribution >= 4 is 78.1 Å². The van der Waals surface area contributed by atoms with Crippen molar-refractivity contribution in [2.75, 3.05) is 11.9 Å². The third kappa shape index (κ3) is 3.50. The minimum atomic E-state index is -0.175. The Morgan fingerprint density at radius 3 is 2.59 bits per heavy atom. The maximum atomic E-state index is 12.5. The van der Waals surface area contributed by atoms with Crippen LogP contribution in [0.1, 0.15) is 16.7 Å². The number of nitrogens with zero attached hydrogens (tertiary/aromatic N) is 1. The van der Waals surface area contributed by atoms with Gasteiger partial charge in [0, 0.05) is 22.4 Å². The molecule has 9 heteroatoms. The molecule has 0 radical (unpaired) electrons. The first-order chi connectivity index (χ1) is 12.9. The predicted molar refractivity (Wildman–Crippen MR) is 117 cm³/mol. The van der Waals surface area contributed by atoms with E-state index in [1.807, 2.05) is 18.2 Å². The summed E-state index contributed by atoms with van der Waals surface area (Å²) < 4.78 is 1.08. The summed E-state index contributed by atoms with van der Waals surface area (Å²) in [5, 5.41) is 20.5. The van der Waals surface area contributed by atoms with Gasteiger partial charge in [0.2, 0.25) is 0 Å². The molecular formula is C18H12Br2N4O2S. The summed E-state index contributed by atoms with van der Waals surface area (Å²) in [7, 11) is 0. The van der Waals surface area contributed by atoms with Crippen molar-refractivity contribution in [3.63, 3.8) is 0 Å². The topological polar surface area (TPSA) is 85.8 Å². The number of aromatic hydroxyl groups is 1. The molecule has 2 aromatic carbocycles. The van der Waals surface area contributed by atoms with E-state index < -0.39 is 0 Å². The molecule has 2 aliphatic heterocycles. The number of hydrogen-bond donors (Lipinski definition) is 4. The summed E-state index contributed by atoms with van der Waals surface area (Å²) in [5.41, 5.74) is 7.33. The molecular weight excluding hydrogens is 496 g/mol. The van der Waals surface area contributed by atoms with E-state index >= 15 is 0 Å². The number of phenols is 1. The van der Waals surface area contributed by atoms with E-state index in [4.69, 9.17) is 12.2 Å². The lowest BCUT2D eigenvalue weighted by molar-refractivity contribution is -0.110. The zero-order valence-electron chi connectivity index (χ0n) is 13.6. The van der Waals surface area contributed by atoms with Crippen LogP contribution in [0.5, 0.6) is 5.75 Å². The Bertz CT molecular complexity index is 1040. The number of hydrogen-bond acceptors (Lipinski definition) is 4. The summed E-state index contributed by atoms with van der Waals surface area (Å²) in [6, 6.07) is 9.21.